The van der Waals surface area contributed by atoms with E-state index in [1.165, 1.54) is 0 Å². The number of aliphatic imine (C=N–C) groups is 1. The molecule has 4 nitrogen and oxygen atoms in total. The van der Waals surface area contributed by atoms with Gasteiger partial charge in [-0.3, -0.25) is 4.79 Å². The SMILES string of the molecule is CN1CC(=O)N=C1CCN. The number of nitrogens with zero attached hydrogens (tertiary/aromatic N) is 2. The summed E-state index contributed by atoms with van der Waals surface area (Å²) in [4.78, 5) is 16.3. The topological polar surface area (TPSA) is 58.7 Å². The average molecular weight is 141 g/mol. The van der Waals surface area contributed by atoms with E-state index >= 15 is 0 Å². The lowest BCUT2D eigenvalue weighted by Gasteiger charge is -2.10. The van der Waals surface area contributed by atoms with Gasteiger partial charge in [-0.1, -0.05) is 0 Å². The lowest BCUT2D eigenvalue weighted by atomic mass is 10.4. The van der Waals surface area contributed by atoms with E-state index in [9.17, 15) is 4.79 Å². The van der Waals surface area contributed by atoms with Crippen LogP contribution < -0.4 is 5.73 Å². The van der Waals surface area contributed by atoms with E-state index in [0.29, 0.717) is 19.5 Å². The molecule has 0 unspecified atom stereocenters. The van der Waals surface area contributed by atoms with Crippen LogP contribution in [0.2, 0.25) is 0 Å². The maximum atomic E-state index is 10.7. The smallest absolute Gasteiger partial charge is 0.266 e. The van der Waals surface area contributed by atoms with Gasteiger partial charge in [-0.05, 0) is 6.54 Å². The van der Waals surface area contributed by atoms with Crippen molar-refractivity contribution in [2.24, 2.45) is 10.7 Å². The first-order chi connectivity index (χ1) is 4.74. The van der Waals surface area contributed by atoms with Crippen LogP contribution in [0.25, 0.3) is 0 Å². The maximum absolute atomic E-state index is 10.7. The summed E-state index contributed by atoms with van der Waals surface area (Å²) in [5.41, 5.74) is 5.30. The number of hydrogen-bond donors (Lipinski definition) is 1. The summed E-state index contributed by atoms with van der Waals surface area (Å²) in [5, 5.41) is 0. The van der Waals surface area contributed by atoms with Crippen LogP contribution in [0.4, 0.5) is 0 Å². The van der Waals surface area contributed by atoms with Crippen LogP contribution in [-0.2, 0) is 4.79 Å². The van der Waals surface area contributed by atoms with Crippen molar-refractivity contribution in [2.75, 3.05) is 20.1 Å². The predicted octanol–water partition coefficient (Wildman–Crippen LogP) is -0.794. The fourth-order valence-electron chi connectivity index (χ4n) is 0.935. The Hall–Kier alpha value is -0.900. The molecule has 1 amide bonds. The van der Waals surface area contributed by atoms with Crippen molar-refractivity contribution < 1.29 is 4.79 Å². The molecular formula is C6H11N3O. The molecule has 0 aliphatic carbocycles. The van der Waals surface area contributed by atoms with Gasteiger partial charge in [-0.25, -0.2) is 0 Å². The number of likely N-dealkylation sites (N-methyl/N-ethyl adjacent to an activating group) is 1. The lowest BCUT2D eigenvalue weighted by Crippen LogP contribution is -2.25. The Kier molecular flexibility index (Phi) is 2.01. The first-order valence-electron chi connectivity index (χ1n) is 3.25. The maximum Gasteiger partial charge on any atom is 0.266 e. The molecule has 0 aromatic carbocycles. The van der Waals surface area contributed by atoms with Gasteiger partial charge >= 0.3 is 0 Å². The number of amidine groups is 1. The Morgan fingerprint density at radius 3 is 2.90 bits per heavy atom. The highest BCUT2D eigenvalue weighted by Gasteiger charge is 2.17. The monoisotopic (exact) mass is 141 g/mol. The van der Waals surface area contributed by atoms with E-state index in [-0.39, 0.29) is 5.91 Å². The summed E-state index contributed by atoms with van der Waals surface area (Å²) < 4.78 is 0. The van der Waals surface area contributed by atoms with Crippen LogP contribution in [-0.4, -0.2) is 36.8 Å². The highest BCUT2D eigenvalue weighted by molar-refractivity contribution is 6.01. The number of carbonyl (C=O) groups excluding carboxylic acids is 1. The van der Waals surface area contributed by atoms with Crippen molar-refractivity contribution in [2.45, 2.75) is 6.42 Å². The molecule has 0 spiro atoms. The average Bonchev–Trinajstić information content (AvgIpc) is 2.13. The molecular weight excluding hydrogens is 130 g/mol. The summed E-state index contributed by atoms with van der Waals surface area (Å²) in [5.74, 6) is 0.749. The molecule has 56 valence electrons. The molecule has 0 fully saturated rings. The van der Waals surface area contributed by atoms with Crippen molar-refractivity contribution in [3.05, 3.63) is 0 Å². The minimum absolute atomic E-state index is 0.0639. The molecule has 0 aromatic rings. The van der Waals surface area contributed by atoms with Gasteiger partial charge < -0.3 is 10.6 Å². The zero-order valence-electron chi connectivity index (χ0n) is 6.00. The van der Waals surface area contributed by atoms with Crippen LogP contribution in [0.15, 0.2) is 4.99 Å². The zero-order chi connectivity index (χ0) is 7.56. The Labute approximate surface area is 59.7 Å². The largest absolute Gasteiger partial charge is 0.354 e. The third-order valence-corrected chi connectivity index (χ3v) is 1.43. The van der Waals surface area contributed by atoms with Gasteiger partial charge in [0.2, 0.25) is 0 Å². The molecule has 1 aliphatic rings. The van der Waals surface area contributed by atoms with E-state index in [4.69, 9.17) is 5.73 Å². The Morgan fingerprint density at radius 1 is 1.80 bits per heavy atom. The molecule has 10 heavy (non-hydrogen) atoms. The fourth-order valence-corrected chi connectivity index (χ4v) is 0.935. The van der Waals surface area contributed by atoms with Crippen molar-refractivity contribution in [3.63, 3.8) is 0 Å². The first-order valence-corrected chi connectivity index (χ1v) is 3.25. The van der Waals surface area contributed by atoms with Crippen LogP contribution >= 0.6 is 0 Å². The first kappa shape index (κ1) is 7.21. The van der Waals surface area contributed by atoms with Crippen molar-refractivity contribution in [3.8, 4) is 0 Å². The Bertz CT molecular complexity index is 176. The molecule has 4 heteroatoms. The van der Waals surface area contributed by atoms with Crippen LogP contribution in [0.3, 0.4) is 0 Å². The van der Waals surface area contributed by atoms with Gasteiger partial charge in [0.05, 0.1) is 0 Å². The summed E-state index contributed by atoms with van der Waals surface area (Å²) in [6, 6.07) is 0. The van der Waals surface area contributed by atoms with Gasteiger partial charge in [-0.15, -0.1) is 0 Å². The molecule has 2 N–H and O–H groups in total. The molecule has 0 atom stereocenters. The minimum atomic E-state index is -0.0639. The van der Waals surface area contributed by atoms with E-state index in [2.05, 4.69) is 4.99 Å². The third kappa shape index (κ3) is 1.33. The second kappa shape index (κ2) is 2.79. The van der Waals surface area contributed by atoms with Gasteiger partial charge in [0.1, 0.15) is 12.4 Å². The highest BCUT2D eigenvalue weighted by Crippen LogP contribution is 2.01. The second-order valence-electron chi connectivity index (χ2n) is 2.32. The van der Waals surface area contributed by atoms with Gasteiger partial charge in [0.25, 0.3) is 5.91 Å². The summed E-state index contributed by atoms with van der Waals surface area (Å²) in [7, 11) is 1.85. The molecule has 1 aliphatic heterocycles. The summed E-state index contributed by atoms with van der Waals surface area (Å²) >= 11 is 0. The van der Waals surface area contributed by atoms with E-state index in [1.54, 1.807) is 0 Å². The summed E-state index contributed by atoms with van der Waals surface area (Å²) in [6.07, 6.45) is 0.697. The normalized spacial score (nSPS) is 18.0. The minimum Gasteiger partial charge on any atom is -0.354 e. The van der Waals surface area contributed by atoms with Crippen molar-refractivity contribution in [1.29, 1.82) is 0 Å². The standard InChI is InChI=1S/C6H11N3O/c1-9-4-6(10)8-5(9)2-3-7/h2-4,7H2,1H3. The molecule has 0 saturated heterocycles. The molecule has 0 radical (unpaired) electrons. The molecule has 1 rings (SSSR count). The van der Waals surface area contributed by atoms with Crippen molar-refractivity contribution in [1.82, 2.24) is 4.90 Å². The molecule has 0 aromatic heterocycles. The van der Waals surface area contributed by atoms with E-state index in [0.717, 1.165) is 5.84 Å². The van der Waals surface area contributed by atoms with Crippen LogP contribution in [0.1, 0.15) is 6.42 Å². The molecule has 0 bridgehead atoms. The van der Waals surface area contributed by atoms with Gasteiger partial charge in [-0.2, -0.15) is 4.99 Å². The van der Waals surface area contributed by atoms with Crippen LogP contribution in [0.5, 0.6) is 0 Å². The quantitative estimate of drug-likeness (QED) is 0.548. The Morgan fingerprint density at radius 2 is 2.50 bits per heavy atom. The molecule has 0 saturated carbocycles. The Balaban J connectivity index is 2.56. The highest BCUT2D eigenvalue weighted by atomic mass is 16.2. The number of nitrogens with two attached hydrogens (primary N) is 1. The third-order valence-electron chi connectivity index (χ3n) is 1.43. The number of hydrogen-bond acceptors (Lipinski definition) is 3. The van der Waals surface area contributed by atoms with E-state index in [1.807, 2.05) is 11.9 Å². The predicted molar refractivity (Wildman–Crippen MR) is 38.7 cm³/mol. The van der Waals surface area contributed by atoms with Crippen molar-refractivity contribution >= 4 is 11.7 Å². The van der Waals surface area contributed by atoms with Crippen LogP contribution in [0, 0.1) is 0 Å². The molecule has 1 heterocycles. The second-order valence-corrected chi connectivity index (χ2v) is 2.32. The van der Waals surface area contributed by atoms with Gasteiger partial charge in [0.15, 0.2) is 0 Å². The number of carbonyl (C=O) groups is 1. The van der Waals surface area contributed by atoms with Gasteiger partial charge in [0, 0.05) is 13.5 Å². The number of amides is 1. The lowest BCUT2D eigenvalue weighted by molar-refractivity contribution is -0.116. The fraction of sp³-hybridized carbons (Fsp3) is 0.667. The van der Waals surface area contributed by atoms with E-state index < -0.39 is 0 Å². The zero-order valence-corrected chi connectivity index (χ0v) is 6.00. The number of rotatable bonds is 2. The summed E-state index contributed by atoms with van der Waals surface area (Å²) in [6.45, 7) is 0.964.